The lowest BCUT2D eigenvalue weighted by Crippen LogP contribution is -2.46. The molecule has 3 rings (SSSR count). The van der Waals surface area contributed by atoms with E-state index in [0.29, 0.717) is 28.3 Å². The minimum absolute atomic E-state index is 0.0573. The highest BCUT2D eigenvalue weighted by atomic mass is 32.1. The number of nitrogens with one attached hydrogen (secondary N) is 1. The summed E-state index contributed by atoms with van der Waals surface area (Å²) in [5.74, 6) is -0.356. The molecule has 1 saturated heterocycles. The molecule has 2 heterocycles. The fraction of sp³-hybridized carbons (Fsp3) is 0.333. The quantitative estimate of drug-likeness (QED) is 0.849. The number of fused-ring (bicyclic) bond motifs is 1. The number of carbonyl (C=O) groups excluding carboxylic acids is 1. The maximum absolute atomic E-state index is 13.1. The zero-order valence-corrected chi connectivity index (χ0v) is 10.5. The van der Waals surface area contributed by atoms with Gasteiger partial charge in [-0.2, -0.15) is 0 Å². The minimum atomic E-state index is -0.299. The van der Waals surface area contributed by atoms with Gasteiger partial charge in [-0.25, -0.2) is 9.37 Å². The van der Waals surface area contributed by atoms with Gasteiger partial charge in [0.1, 0.15) is 5.82 Å². The molecule has 1 aliphatic rings. The fourth-order valence-electron chi connectivity index (χ4n) is 1.99. The van der Waals surface area contributed by atoms with Crippen LogP contribution in [0.2, 0.25) is 0 Å². The maximum atomic E-state index is 13.1. The minimum Gasteiger partial charge on any atom is -0.334 e. The van der Waals surface area contributed by atoms with Crippen molar-refractivity contribution in [1.82, 2.24) is 15.2 Å². The van der Waals surface area contributed by atoms with Crippen LogP contribution >= 0.6 is 11.3 Å². The molecule has 0 radical (unpaired) electrons. The Hall–Kier alpha value is -1.53. The predicted octanol–water partition coefficient (Wildman–Crippen LogP) is 1.48. The summed E-state index contributed by atoms with van der Waals surface area (Å²) < 4.78 is 13.8. The first-order valence-corrected chi connectivity index (χ1v) is 6.62. The summed E-state index contributed by atoms with van der Waals surface area (Å²) in [5.41, 5.74) is 0.680. The zero-order chi connectivity index (χ0) is 12.5. The van der Waals surface area contributed by atoms with Gasteiger partial charge in [0.15, 0.2) is 5.01 Å². The number of amides is 1. The maximum Gasteiger partial charge on any atom is 0.282 e. The molecular weight excluding hydrogens is 253 g/mol. The van der Waals surface area contributed by atoms with Crippen LogP contribution in [0, 0.1) is 5.82 Å². The molecule has 1 amide bonds. The zero-order valence-electron chi connectivity index (χ0n) is 9.65. The molecule has 1 fully saturated rings. The Balaban J connectivity index is 1.91. The SMILES string of the molecule is O=C(c1nc2ccc(F)cc2s1)N1CCNCC1. The summed E-state index contributed by atoms with van der Waals surface area (Å²) in [6.07, 6.45) is 0. The smallest absolute Gasteiger partial charge is 0.282 e. The largest absolute Gasteiger partial charge is 0.334 e. The molecule has 0 atom stereocenters. The first kappa shape index (κ1) is 11.6. The van der Waals surface area contributed by atoms with Crippen molar-refractivity contribution in [3.05, 3.63) is 29.0 Å². The van der Waals surface area contributed by atoms with E-state index in [4.69, 9.17) is 0 Å². The molecule has 18 heavy (non-hydrogen) atoms. The molecule has 6 heteroatoms. The number of piperazine rings is 1. The standard InChI is InChI=1S/C12H12FN3OS/c13-8-1-2-9-10(7-8)18-11(15-9)12(17)16-5-3-14-4-6-16/h1-2,7,14H,3-6H2. The van der Waals surface area contributed by atoms with Crippen molar-refractivity contribution < 1.29 is 9.18 Å². The number of hydrogen-bond acceptors (Lipinski definition) is 4. The summed E-state index contributed by atoms with van der Waals surface area (Å²) >= 11 is 1.25. The summed E-state index contributed by atoms with van der Waals surface area (Å²) in [6, 6.07) is 4.39. The van der Waals surface area contributed by atoms with Crippen LogP contribution in [-0.4, -0.2) is 42.0 Å². The molecular formula is C12H12FN3OS. The Kier molecular flexibility index (Phi) is 2.97. The molecule has 0 bridgehead atoms. The monoisotopic (exact) mass is 265 g/mol. The average Bonchev–Trinajstić information content (AvgIpc) is 2.81. The van der Waals surface area contributed by atoms with E-state index in [9.17, 15) is 9.18 Å². The number of hydrogen-bond donors (Lipinski definition) is 1. The van der Waals surface area contributed by atoms with Gasteiger partial charge in [0, 0.05) is 26.2 Å². The van der Waals surface area contributed by atoms with E-state index >= 15 is 0 Å². The van der Waals surface area contributed by atoms with Gasteiger partial charge in [-0.15, -0.1) is 11.3 Å². The highest BCUT2D eigenvalue weighted by molar-refractivity contribution is 7.20. The third-order valence-corrected chi connectivity index (χ3v) is 3.94. The second-order valence-corrected chi connectivity index (χ2v) is 5.20. The van der Waals surface area contributed by atoms with Gasteiger partial charge in [-0.3, -0.25) is 4.79 Å². The van der Waals surface area contributed by atoms with Crippen LogP contribution in [-0.2, 0) is 0 Å². The summed E-state index contributed by atoms with van der Waals surface area (Å²) in [4.78, 5) is 18.3. The number of aromatic nitrogens is 1. The number of benzene rings is 1. The first-order valence-electron chi connectivity index (χ1n) is 5.80. The lowest BCUT2D eigenvalue weighted by molar-refractivity contribution is 0.0735. The van der Waals surface area contributed by atoms with Gasteiger partial charge < -0.3 is 10.2 Å². The molecule has 1 aromatic carbocycles. The van der Waals surface area contributed by atoms with E-state index in [1.54, 1.807) is 11.0 Å². The Labute approximate surface area is 107 Å². The first-order chi connectivity index (χ1) is 8.74. The Bertz CT molecular complexity index is 592. The van der Waals surface area contributed by atoms with Crippen molar-refractivity contribution in [2.24, 2.45) is 0 Å². The molecule has 0 unspecified atom stereocenters. The molecule has 1 aromatic heterocycles. The van der Waals surface area contributed by atoms with Crippen LogP contribution in [0.25, 0.3) is 10.2 Å². The van der Waals surface area contributed by atoms with Crippen molar-refractivity contribution in [1.29, 1.82) is 0 Å². The Morgan fingerprint density at radius 2 is 2.17 bits per heavy atom. The number of thiazole rings is 1. The predicted molar refractivity (Wildman–Crippen MR) is 68.4 cm³/mol. The van der Waals surface area contributed by atoms with E-state index in [0.717, 1.165) is 13.1 Å². The summed E-state index contributed by atoms with van der Waals surface area (Å²) in [5, 5.41) is 3.64. The van der Waals surface area contributed by atoms with Gasteiger partial charge in [-0.05, 0) is 18.2 Å². The van der Waals surface area contributed by atoms with Crippen molar-refractivity contribution in [2.75, 3.05) is 26.2 Å². The van der Waals surface area contributed by atoms with Gasteiger partial charge in [0.2, 0.25) is 0 Å². The van der Waals surface area contributed by atoms with Crippen LogP contribution in [0.5, 0.6) is 0 Å². The van der Waals surface area contributed by atoms with E-state index in [-0.39, 0.29) is 11.7 Å². The summed E-state index contributed by atoms with van der Waals surface area (Å²) in [7, 11) is 0. The highest BCUT2D eigenvalue weighted by Crippen LogP contribution is 2.23. The average molecular weight is 265 g/mol. The summed E-state index contributed by atoms with van der Waals surface area (Å²) in [6.45, 7) is 3.02. The van der Waals surface area contributed by atoms with Crippen molar-refractivity contribution in [2.45, 2.75) is 0 Å². The lowest BCUT2D eigenvalue weighted by atomic mass is 10.3. The molecule has 0 aliphatic carbocycles. The number of halogens is 1. The van der Waals surface area contributed by atoms with Gasteiger partial charge in [-0.1, -0.05) is 0 Å². The van der Waals surface area contributed by atoms with Crippen LogP contribution in [0.3, 0.4) is 0 Å². The van der Waals surface area contributed by atoms with Gasteiger partial charge in [0.25, 0.3) is 5.91 Å². The van der Waals surface area contributed by atoms with E-state index in [1.165, 1.54) is 23.5 Å². The van der Waals surface area contributed by atoms with Crippen LogP contribution in [0.1, 0.15) is 9.80 Å². The van der Waals surface area contributed by atoms with E-state index in [2.05, 4.69) is 10.3 Å². The van der Waals surface area contributed by atoms with Gasteiger partial charge >= 0.3 is 0 Å². The number of rotatable bonds is 1. The topological polar surface area (TPSA) is 45.2 Å². The second-order valence-electron chi connectivity index (χ2n) is 4.17. The normalized spacial score (nSPS) is 16.2. The second kappa shape index (κ2) is 4.62. The molecule has 1 N–H and O–H groups in total. The molecule has 94 valence electrons. The van der Waals surface area contributed by atoms with Crippen LogP contribution in [0.4, 0.5) is 4.39 Å². The third kappa shape index (κ3) is 2.09. The molecule has 1 aliphatic heterocycles. The third-order valence-electron chi connectivity index (χ3n) is 2.94. The van der Waals surface area contributed by atoms with Crippen molar-refractivity contribution in [3.63, 3.8) is 0 Å². The van der Waals surface area contributed by atoms with Crippen LogP contribution < -0.4 is 5.32 Å². The number of nitrogens with zero attached hydrogens (tertiary/aromatic N) is 2. The molecule has 2 aromatic rings. The number of carbonyl (C=O) groups is 1. The van der Waals surface area contributed by atoms with Crippen molar-refractivity contribution >= 4 is 27.5 Å². The molecule has 4 nitrogen and oxygen atoms in total. The van der Waals surface area contributed by atoms with Crippen LogP contribution in [0.15, 0.2) is 18.2 Å². The van der Waals surface area contributed by atoms with Crippen molar-refractivity contribution in [3.8, 4) is 0 Å². The molecule has 0 saturated carbocycles. The fourth-order valence-corrected chi connectivity index (χ4v) is 2.95. The lowest BCUT2D eigenvalue weighted by Gasteiger charge is -2.26. The Morgan fingerprint density at radius 1 is 1.39 bits per heavy atom. The van der Waals surface area contributed by atoms with E-state index < -0.39 is 0 Å². The molecule has 0 spiro atoms. The van der Waals surface area contributed by atoms with E-state index in [1.807, 2.05) is 0 Å². The highest BCUT2D eigenvalue weighted by Gasteiger charge is 2.21. The van der Waals surface area contributed by atoms with Gasteiger partial charge in [0.05, 0.1) is 10.2 Å². The Morgan fingerprint density at radius 3 is 2.94 bits per heavy atom.